The molecule has 1 heterocycles. The molecule has 1 aromatic heterocycles. The monoisotopic (exact) mass is 453 g/mol. The van der Waals surface area contributed by atoms with Gasteiger partial charge in [-0.2, -0.15) is 0 Å². The fourth-order valence-electron chi connectivity index (χ4n) is 4.13. The van der Waals surface area contributed by atoms with Gasteiger partial charge in [-0.05, 0) is 58.7 Å². The molecule has 0 aliphatic rings. The van der Waals surface area contributed by atoms with Crippen LogP contribution in [0.1, 0.15) is 15.9 Å². The van der Waals surface area contributed by atoms with Gasteiger partial charge in [-0.25, -0.2) is 0 Å². The van der Waals surface area contributed by atoms with E-state index >= 15 is 0 Å². The molecule has 0 bridgehead atoms. The van der Waals surface area contributed by atoms with Crippen LogP contribution in [0.2, 0.25) is 0 Å². The number of nitrogens with two attached hydrogens (primary N) is 2. The molecule has 4 rings (SSSR count). The van der Waals surface area contributed by atoms with Gasteiger partial charge in [0.1, 0.15) is 0 Å². The first-order valence-electron chi connectivity index (χ1n) is 10.8. The summed E-state index contributed by atoms with van der Waals surface area (Å²) in [5.41, 5.74) is 18.9. The fraction of sp³-hybridized carbons (Fsp3) is 0.111. The molecule has 4 aromatic rings. The van der Waals surface area contributed by atoms with Gasteiger partial charge in [-0.15, -0.1) is 0 Å². The molecule has 2 amide bonds. The number of fused-ring (bicyclic) bond motifs is 1. The molecule has 6 N–H and O–H groups in total. The van der Waals surface area contributed by atoms with E-state index in [4.69, 9.17) is 11.5 Å². The number of rotatable bonds is 7. The number of nitrogens with one attached hydrogen (secondary N) is 2. The second-order valence-corrected chi connectivity index (χ2v) is 8.17. The predicted octanol–water partition coefficient (Wildman–Crippen LogP) is 4.25. The lowest BCUT2D eigenvalue weighted by molar-refractivity contribution is -0.111. The third-order valence-electron chi connectivity index (χ3n) is 5.85. The van der Waals surface area contributed by atoms with E-state index in [-0.39, 0.29) is 12.5 Å². The number of H-pyrrole nitrogens is 1. The van der Waals surface area contributed by atoms with Gasteiger partial charge in [-0.1, -0.05) is 36.9 Å². The largest absolute Gasteiger partial charge is 0.378 e. The van der Waals surface area contributed by atoms with Crippen molar-refractivity contribution in [2.45, 2.75) is 6.54 Å². The van der Waals surface area contributed by atoms with Crippen molar-refractivity contribution in [1.29, 1.82) is 0 Å². The lowest BCUT2D eigenvalue weighted by atomic mass is 9.93. The van der Waals surface area contributed by atoms with Crippen molar-refractivity contribution in [1.82, 2.24) is 4.98 Å². The summed E-state index contributed by atoms with van der Waals surface area (Å²) in [4.78, 5) is 29.6. The van der Waals surface area contributed by atoms with Crippen LogP contribution in [0.3, 0.4) is 0 Å². The Morgan fingerprint density at radius 2 is 1.82 bits per heavy atom. The molecule has 0 aliphatic heterocycles. The lowest BCUT2D eigenvalue weighted by Gasteiger charge is -2.15. The maximum Gasteiger partial charge on any atom is 0.250 e. The average molecular weight is 454 g/mol. The second-order valence-electron chi connectivity index (χ2n) is 8.17. The molecule has 172 valence electrons. The first kappa shape index (κ1) is 22.8. The molecule has 0 unspecified atom stereocenters. The highest BCUT2D eigenvalue weighted by molar-refractivity contribution is 6.11. The Kier molecular flexibility index (Phi) is 6.21. The SMILES string of the molecule is C=CC(=O)Nc1cccc(-c2ccc(C(N)=O)c3[nH]c(-c4cccc(N(C)C)c4)cc23)c1CN. The van der Waals surface area contributed by atoms with Crippen molar-refractivity contribution in [3.05, 3.63) is 84.4 Å². The van der Waals surface area contributed by atoms with Crippen molar-refractivity contribution in [3.8, 4) is 22.4 Å². The van der Waals surface area contributed by atoms with Gasteiger partial charge in [0.2, 0.25) is 5.91 Å². The van der Waals surface area contributed by atoms with Crippen LogP contribution in [0.25, 0.3) is 33.3 Å². The quantitative estimate of drug-likeness (QED) is 0.313. The number of amides is 2. The highest BCUT2D eigenvalue weighted by atomic mass is 16.1. The number of carbonyl (C=O) groups is 2. The third kappa shape index (κ3) is 4.16. The van der Waals surface area contributed by atoms with Crippen molar-refractivity contribution < 1.29 is 9.59 Å². The van der Waals surface area contributed by atoms with Crippen molar-refractivity contribution in [3.63, 3.8) is 0 Å². The number of carbonyl (C=O) groups excluding carboxylic acids is 2. The van der Waals surface area contributed by atoms with Gasteiger partial charge in [-0.3, -0.25) is 9.59 Å². The molecule has 7 heteroatoms. The van der Waals surface area contributed by atoms with E-state index in [9.17, 15) is 9.59 Å². The van der Waals surface area contributed by atoms with Crippen LogP contribution >= 0.6 is 0 Å². The maximum atomic E-state index is 12.2. The number of aromatic nitrogens is 1. The molecule has 0 saturated carbocycles. The van der Waals surface area contributed by atoms with E-state index < -0.39 is 5.91 Å². The summed E-state index contributed by atoms with van der Waals surface area (Å²) in [6.45, 7) is 3.73. The molecule has 0 radical (unpaired) electrons. The minimum Gasteiger partial charge on any atom is -0.378 e. The molecule has 0 aliphatic carbocycles. The zero-order valence-electron chi connectivity index (χ0n) is 19.2. The first-order valence-corrected chi connectivity index (χ1v) is 10.8. The second kappa shape index (κ2) is 9.25. The molecule has 7 nitrogen and oxygen atoms in total. The summed E-state index contributed by atoms with van der Waals surface area (Å²) in [5, 5.41) is 3.66. The van der Waals surface area contributed by atoms with E-state index in [1.165, 1.54) is 6.08 Å². The van der Waals surface area contributed by atoms with E-state index in [0.29, 0.717) is 16.8 Å². The van der Waals surface area contributed by atoms with Crippen LogP contribution in [-0.4, -0.2) is 30.9 Å². The fourth-order valence-corrected chi connectivity index (χ4v) is 4.13. The topological polar surface area (TPSA) is 117 Å². The Bertz CT molecular complexity index is 1420. The summed E-state index contributed by atoms with van der Waals surface area (Å²) >= 11 is 0. The van der Waals surface area contributed by atoms with Gasteiger partial charge in [0.05, 0.1) is 11.1 Å². The Morgan fingerprint density at radius 3 is 2.50 bits per heavy atom. The van der Waals surface area contributed by atoms with Gasteiger partial charge in [0.15, 0.2) is 0 Å². The molecule has 34 heavy (non-hydrogen) atoms. The van der Waals surface area contributed by atoms with Crippen LogP contribution in [0.15, 0.2) is 73.3 Å². The van der Waals surface area contributed by atoms with Crippen LogP contribution in [0.5, 0.6) is 0 Å². The molecule has 3 aromatic carbocycles. The van der Waals surface area contributed by atoms with E-state index in [1.807, 2.05) is 61.5 Å². The average Bonchev–Trinajstić information content (AvgIpc) is 3.28. The summed E-state index contributed by atoms with van der Waals surface area (Å²) in [5.74, 6) is -0.830. The van der Waals surface area contributed by atoms with Crippen LogP contribution in [-0.2, 0) is 11.3 Å². The van der Waals surface area contributed by atoms with Crippen molar-refractivity contribution in [2.75, 3.05) is 24.3 Å². The summed E-state index contributed by atoms with van der Waals surface area (Å²) in [6, 6.07) is 19.3. The van der Waals surface area contributed by atoms with Gasteiger partial charge >= 0.3 is 0 Å². The Balaban J connectivity index is 1.95. The number of hydrogen-bond acceptors (Lipinski definition) is 4. The Hall–Kier alpha value is -4.36. The van der Waals surface area contributed by atoms with Crippen LogP contribution in [0.4, 0.5) is 11.4 Å². The molecule has 0 atom stereocenters. The minimum absolute atomic E-state index is 0.212. The van der Waals surface area contributed by atoms with Crippen LogP contribution < -0.4 is 21.7 Å². The zero-order chi connectivity index (χ0) is 24.4. The van der Waals surface area contributed by atoms with Crippen molar-refractivity contribution in [2.24, 2.45) is 11.5 Å². The number of benzene rings is 3. The van der Waals surface area contributed by atoms with E-state index in [2.05, 4.69) is 22.9 Å². The van der Waals surface area contributed by atoms with Gasteiger partial charge in [0.25, 0.3) is 5.91 Å². The smallest absolute Gasteiger partial charge is 0.250 e. The number of primary amides is 1. The standard InChI is InChI=1S/C27H27N5O2/c1-4-25(33)30-23-10-6-9-18(22(23)15-28)19-11-12-20(27(29)34)26-21(19)14-24(31-26)16-7-5-8-17(13-16)32(2)3/h4-14,31H,1,15,28H2,2-3H3,(H2,29,34)(H,30,33). The molecular weight excluding hydrogens is 426 g/mol. The summed E-state index contributed by atoms with van der Waals surface area (Å²) < 4.78 is 0. The summed E-state index contributed by atoms with van der Waals surface area (Å²) in [7, 11) is 3.97. The van der Waals surface area contributed by atoms with Gasteiger partial charge < -0.3 is 26.7 Å². The molecular formula is C27H27N5O2. The molecule has 0 fully saturated rings. The summed E-state index contributed by atoms with van der Waals surface area (Å²) in [6.07, 6.45) is 1.22. The van der Waals surface area contributed by atoms with E-state index in [1.54, 1.807) is 12.1 Å². The van der Waals surface area contributed by atoms with Crippen LogP contribution in [0, 0.1) is 0 Å². The molecule has 0 spiro atoms. The normalized spacial score (nSPS) is 10.8. The van der Waals surface area contributed by atoms with Gasteiger partial charge in [0, 0.05) is 43.1 Å². The number of anilines is 2. The maximum absolute atomic E-state index is 12.2. The minimum atomic E-state index is -0.516. The highest BCUT2D eigenvalue weighted by Crippen LogP contribution is 2.38. The number of hydrogen-bond donors (Lipinski definition) is 4. The number of nitrogens with zero attached hydrogens (tertiary/aromatic N) is 1. The lowest BCUT2D eigenvalue weighted by Crippen LogP contribution is -2.13. The Labute approximate surface area is 198 Å². The van der Waals surface area contributed by atoms with Crippen molar-refractivity contribution >= 4 is 34.1 Å². The highest BCUT2D eigenvalue weighted by Gasteiger charge is 2.18. The zero-order valence-corrected chi connectivity index (χ0v) is 19.2. The third-order valence-corrected chi connectivity index (χ3v) is 5.85. The Morgan fingerprint density at radius 1 is 1.06 bits per heavy atom. The first-order chi connectivity index (χ1) is 16.3. The van der Waals surface area contributed by atoms with E-state index in [0.717, 1.165) is 39.0 Å². The molecule has 0 saturated heterocycles. The number of aromatic amines is 1. The predicted molar refractivity (Wildman–Crippen MR) is 139 cm³/mol.